The summed E-state index contributed by atoms with van der Waals surface area (Å²) < 4.78 is 0. The van der Waals surface area contributed by atoms with Crippen molar-refractivity contribution < 1.29 is 20.4 Å². The Balaban J connectivity index is 0.00000205. The summed E-state index contributed by atoms with van der Waals surface area (Å²) >= 11 is 0. The van der Waals surface area contributed by atoms with Crippen LogP contribution in [0.1, 0.15) is 16.7 Å². The fourth-order valence-corrected chi connectivity index (χ4v) is 3.39. The Morgan fingerprint density at radius 3 is 2.17 bits per heavy atom. The minimum absolute atomic E-state index is 0. The molecule has 2 heterocycles. The van der Waals surface area contributed by atoms with Gasteiger partial charge in [0.15, 0.2) is 0 Å². The molecule has 4 aromatic rings. The molecule has 0 saturated carbocycles. The summed E-state index contributed by atoms with van der Waals surface area (Å²) in [6, 6.07) is 28.4. The van der Waals surface area contributed by atoms with Gasteiger partial charge in [0.05, 0.1) is 5.71 Å². The fraction of sp³-hybridized carbons (Fsp3) is 0.0417. The smallest absolute Gasteiger partial charge is 0.111 e. The molecule has 0 amide bonds. The summed E-state index contributed by atoms with van der Waals surface area (Å²) in [6.07, 6.45) is 3.15. The van der Waals surface area contributed by atoms with E-state index in [0.717, 1.165) is 39.3 Å². The van der Waals surface area contributed by atoms with E-state index in [1.54, 1.807) is 0 Å². The molecule has 1 radical (unpaired) electrons. The molecular weight excluding hydrogens is 530 g/mol. The zero-order chi connectivity index (χ0) is 18.8. The molecule has 0 aliphatic carbocycles. The predicted octanol–water partition coefficient (Wildman–Crippen LogP) is 5.04. The Bertz CT molecular complexity index is 1160. The number of benzene rings is 3. The third kappa shape index (κ3) is 3.89. The van der Waals surface area contributed by atoms with Crippen LogP contribution in [0.4, 0.5) is 11.6 Å². The SMILES string of the molecule is [Re].[c-]1nc(Nc2ccccc2)nc2c1CN=C(c1ccccc1)c1ccccc1-2. The Kier molecular flexibility index (Phi) is 5.62. The first-order chi connectivity index (χ1) is 13.9. The van der Waals surface area contributed by atoms with E-state index in [4.69, 9.17) is 9.98 Å². The number of hydrogen-bond donors (Lipinski definition) is 1. The van der Waals surface area contributed by atoms with E-state index >= 15 is 0 Å². The van der Waals surface area contributed by atoms with Crippen molar-refractivity contribution in [2.24, 2.45) is 4.99 Å². The minimum Gasteiger partial charge on any atom is -0.378 e. The molecule has 4 nitrogen and oxygen atoms in total. The Hall–Kier alpha value is -3.13. The number of nitrogens with one attached hydrogen (secondary N) is 1. The van der Waals surface area contributed by atoms with Crippen LogP contribution in [-0.2, 0) is 27.0 Å². The van der Waals surface area contributed by atoms with Crippen LogP contribution in [0.5, 0.6) is 0 Å². The van der Waals surface area contributed by atoms with Crippen LogP contribution in [0.25, 0.3) is 11.3 Å². The van der Waals surface area contributed by atoms with Crippen LogP contribution in [0.2, 0.25) is 0 Å². The Morgan fingerprint density at radius 2 is 1.41 bits per heavy atom. The van der Waals surface area contributed by atoms with Gasteiger partial charge in [0, 0.05) is 38.2 Å². The number of nitrogens with zero attached hydrogens (tertiary/aromatic N) is 3. The molecule has 5 heteroatoms. The van der Waals surface area contributed by atoms with Crippen LogP contribution >= 0.6 is 0 Å². The van der Waals surface area contributed by atoms with E-state index in [9.17, 15) is 0 Å². The topological polar surface area (TPSA) is 50.2 Å². The normalized spacial score (nSPS) is 11.9. The van der Waals surface area contributed by atoms with Crippen LogP contribution < -0.4 is 5.32 Å². The van der Waals surface area contributed by atoms with Crippen molar-refractivity contribution in [3.63, 3.8) is 0 Å². The first-order valence-corrected chi connectivity index (χ1v) is 9.19. The number of hydrogen-bond acceptors (Lipinski definition) is 4. The molecule has 3 aromatic carbocycles. The minimum atomic E-state index is 0. The number of aliphatic imine (C=N–C) groups is 1. The van der Waals surface area contributed by atoms with Crippen molar-refractivity contribution in [3.8, 4) is 11.3 Å². The molecule has 0 bridgehead atoms. The van der Waals surface area contributed by atoms with Crippen molar-refractivity contribution in [3.05, 3.63) is 108 Å². The van der Waals surface area contributed by atoms with Gasteiger partial charge in [-0.15, -0.1) is 0 Å². The van der Waals surface area contributed by atoms with Gasteiger partial charge in [-0.05, 0) is 29.0 Å². The van der Waals surface area contributed by atoms with E-state index in [2.05, 4.69) is 40.8 Å². The summed E-state index contributed by atoms with van der Waals surface area (Å²) in [4.78, 5) is 14.1. The summed E-state index contributed by atoms with van der Waals surface area (Å²) in [6.45, 7) is 0.500. The third-order valence-corrected chi connectivity index (χ3v) is 4.71. The van der Waals surface area contributed by atoms with E-state index < -0.39 is 0 Å². The predicted molar refractivity (Wildman–Crippen MR) is 112 cm³/mol. The van der Waals surface area contributed by atoms with Gasteiger partial charge in [0.2, 0.25) is 0 Å². The van der Waals surface area contributed by atoms with Gasteiger partial charge in [0.1, 0.15) is 5.95 Å². The van der Waals surface area contributed by atoms with Crippen molar-refractivity contribution in [2.45, 2.75) is 6.54 Å². The summed E-state index contributed by atoms with van der Waals surface area (Å²) in [5, 5.41) is 3.26. The fourth-order valence-electron chi connectivity index (χ4n) is 3.39. The molecule has 29 heavy (non-hydrogen) atoms. The molecule has 141 valence electrons. The maximum atomic E-state index is 4.87. The van der Waals surface area contributed by atoms with Gasteiger partial charge in [-0.1, -0.05) is 84.6 Å². The second-order valence-electron chi connectivity index (χ2n) is 6.55. The molecule has 0 fully saturated rings. The van der Waals surface area contributed by atoms with Gasteiger partial charge in [-0.25, -0.2) is 0 Å². The van der Waals surface area contributed by atoms with Gasteiger partial charge in [0.25, 0.3) is 0 Å². The van der Waals surface area contributed by atoms with E-state index in [1.807, 2.05) is 60.7 Å². The number of rotatable bonds is 3. The summed E-state index contributed by atoms with van der Waals surface area (Å²) in [7, 11) is 0. The third-order valence-electron chi connectivity index (χ3n) is 4.71. The summed E-state index contributed by atoms with van der Waals surface area (Å²) in [5.74, 6) is 0.530. The van der Waals surface area contributed by atoms with E-state index in [1.165, 1.54) is 0 Å². The van der Waals surface area contributed by atoms with Crippen LogP contribution in [0, 0.1) is 6.20 Å². The second-order valence-corrected chi connectivity index (χ2v) is 6.55. The first-order valence-electron chi connectivity index (χ1n) is 9.19. The molecule has 0 saturated heterocycles. The number of para-hydroxylation sites is 1. The largest absolute Gasteiger partial charge is 0.378 e. The first kappa shape index (κ1) is 19.2. The number of aromatic nitrogens is 2. The number of anilines is 2. The maximum absolute atomic E-state index is 4.87. The quantitative estimate of drug-likeness (QED) is 0.366. The average Bonchev–Trinajstić information content (AvgIpc) is 2.92. The van der Waals surface area contributed by atoms with Gasteiger partial charge < -0.3 is 15.3 Å². The van der Waals surface area contributed by atoms with Gasteiger partial charge in [-0.2, -0.15) is 0 Å². The van der Waals surface area contributed by atoms with Crippen molar-refractivity contribution in [1.82, 2.24) is 9.97 Å². The second kappa shape index (κ2) is 8.48. The molecule has 0 unspecified atom stereocenters. The summed E-state index contributed by atoms with van der Waals surface area (Å²) in [5.41, 5.74) is 6.91. The maximum Gasteiger partial charge on any atom is 0.111 e. The monoisotopic (exact) mass is 548 g/mol. The van der Waals surface area contributed by atoms with Crippen LogP contribution in [-0.4, -0.2) is 15.7 Å². The molecule has 1 aliphatic rings. The molecule has 1 aromatic heterocycles. The molecule has 0 spiro atoms. The van der Waals surface area contributed by atoms with Gasteiger partial charge in [-0.3, -0.25) is 4.99 Å². The van der Waals surface area contributed by atoms with Crippen LogP contribution in [0.3, 0.4) is 0 Å². The Morgan fingerprint density at radius 1 is 0.759 bits per heavy atom. The van der Waals surface area contributed by atoms with Crippen molar-refractivity contribution >= 4 is 17.3 Å². The zero-order valence-corrected chi connectivity index (χ0v) is 18.2. The van der Waals surface area contributed by atoms with E-state index in [0.29, 0.717) is 12.5 Å². The van der Waals surface area contributed by atoms with Gasteiger partial charge >= 0.3 is 0 Å². The average molecular weight is 548 g/mol. The van der Waals surface area contributed by atoms with E-state index in [-0.39, 0.29) is 20.4 Å². The standard InChI is InChI=1S/C24H17N4.Re/c1-3-9-17(10-4-1)22-20-13-7-8-14-21(20)23-18(15-25-22)16-26-24(28-23)27-19-11-5-2-6-12-19;/h1-14H,15H2,(H,26,27,28);/q-1;. The van der Waals surface area contributed by atoms with Crippen molar-refractivity contribution in [1.29, 1.82) is 0 Å². The molecule has 1 aliphatic heterocycles. The Labute approximate surface area is 183 Å². The zero-order valence-electron chi connectivity index (χ0n) is 15.5. The molecule has 0 atom stereocenters. The number of fused-ring (bicyclic) bond motifs is 3. The molecular formula is C24H17N4Re-. The molecule has 1 N–H and O–H groups in total. The molecule has 5 rings (SSSR count). The van der Waals surface area contributed by atoms with Crippen LogP contribution in [0.15, 0.2) is 89.9 Å². The van der Waals surface area contributed by atoms with Crippen molar-refractivity contribution in [2.75, 3.05) is 5.32 Å².